The van der Waals surface area contributed by atoms with Crippen LogP contribution in [0.3, 0.4) is 0 Å². The van der Waals surface area contributed by atoms with Crippen molar-refractivity contribution < 1.29 is 35.9 Å². The Labute approximate surface area is 280 Å². The number of amides is 2. The summed E-state index contributed by atoms with van der Waals surface area (Å²) >= 11 is 0. The summed E-state index contributed by atoms with van der Waals surface area (Å²) in [5.41, 5.74) is -6.24. The highest BCUT2D eigenvalue weighted by atomic mass is 19.4. The van der Waals surface area contributed by atoms with Crippen LogP contribution in [0.15, 0.2) is 41.3 Å². The molecule has 0 aliphatic carbocycles. The fourth-order valence-electron chi connectivity index (χ4n) is 6.49. The van der Waals surface area contributed by atoms with E-state index in [0.29, 0.717) is 25.7 Å². The predicted molar refractivity (Wildman–Crippen MR) is 176 cm³/mol. The summed E-state index contributed by atoms with van der Waals surface area (Å²) < 4.78 is 88.5. The lowest BCUT2D eigenvalue weighted by atomic mass is 9.81. The molecule has 2 aromatic carbocycles. The van der Waals surface area contributed by atoms with Crippen LogP contribution in [0.25, 0.3) is 11.1 Å². The Balaban J connectivity index is 1.81. The normalized spacial score (nSPS) is 17.6. The summed E-state index contributed by atoms with van der Waals surface area (Å²) in [4.78, 5) is 43.9. The zero-order chi connectivity index (χ0) is 36.8. The van der Waals surface area contributed by atoms with Crippen LogP contribution in [-0.4, -0.2) is 59.5 Å². The van der Waals surface area contributed by atoms with E-state index in [1.807, 2.05) is 41.7 Å². The summed E-state index contributed by atoms with van der Waals surface area (Å²) in [6.45, 7) is 13.9. The monoisotopic (exact) mass is 693 g/mol. The maximum atomic E-state index is 15.9. The molecule has 1 aliphatic rings. The number of nitrogens with zero attached hydrogens (tertiary/aromatic N) is 2. The number of rotatable bonds is 7. The van der Waals surface area contributed by atoms with Gasteiger partial charge in [0, 0.05) is 54.1 Å². The van der Waals surface area contributed by atoms with Gasteiger partial charge in [-0.1, -0.05) is 26.8 Å². The molecule has 2 atom stereocenters. The van der Waals surface area contributed by atoms with Gasteiger partial charge in [-0.3, -0.25) is 19.3 Å². The molecule has 4 rings (SSSR count). The summed E-state index contributed by atoms with van der Waals surface area (Å²) in [5, 5.41) is 5.09. The highest BCUT2D eigenvalue weighted by Crippen LogP contribution is 2.39. The number of aromatic amines is 1. The third-order valence-electron chi connectivity index (χ3n) is 8.55. The van der Waals surface area contributed by atoms with E-state index in [0.717, 1.165) is 24.3 Å². The lowest BCUT2D eigenvalue weighted by Crippen LogP contribution is -2.55. The van der Waals surface area contributed by atoms with Gasteiger partial charge in [-0.15, -0.1) is 0 Å². The molecule has 1 aliphatic heterocycles. The summed E-state index contributed by atoms with van der Waals surface area (Å²) in [6.07, 6.45) is -3.92. The van der Waals surface area contributed by atoms with E-state index < -0.39 is 74.4 Å². The molecule has 3 aromatic rings. The summed E-state index contributed by atoms with van der Waals surface area (Å²) in [6, 6.07) is 4.20. The zero-order valence-corrected chi connectivity index (χ0v) is 28.6. The number of aromatic nitrogens is 1. The molecule has 1 aromatic heterocycles. The van der Waals surface area contributed by atoms with Crippen molar-refractivity contribution in [3.63, 3.8) is 0 Å². The Kier molecular flexibility index (Phi) is 10.3. The fourth-order valence-corrected chi connectivity index (χ4v) is 6.49. The second-order valence-corrected chi connectivity index (χ2v) is 14.6. The minimum Gasteiger partial charge on any atom is -0.367 e. The van der Waals surface area contributed by atoms with Gasteiger partial charge in [0.2, 0.25) is 5.56 Å². The van der Waals surface area contributed by atoms with Crippen LogP contribution in [0.2, 0.25) is 0 Å². The molecule has 0 bridgehead atoms. The largest absolute Gasteiger partial charge is 0.417 e. The average molecular weight is 694 g/mol. The zero-order valence-electron chi connectivity index (χ0n) is 28.6. The maximum Gasteiger partial charge on any atom is 0.417 e. The van der Waals surface area contributed by atoms with Crippen LogP contribution < -0.4 is 21.1 Å². The second-order valence-electron chi connectivity index (χ2n) is 14.6. The van der Waals surface area contributed by atoms with Gasteiger partial charge in [0.25, 0.3) is 11.8 Å². The van der Waals surface area contributed by atoms with Gasteiger partial charge in [-0.25, -0.2) is 13.2 Å². The number of alkyl halides is 3. The lowest BCUT2D eigenvalue weighted by Gasteiger charge is -2.44. The maximum absolute atomic E-state index is 15.9. The van der Waals surface area contributed by atoms with Crippen molar-refractivity contribution in [2.75, 3.05) is 30.4 Å². The Morgan fingerprint density at radius 3 is 2.06 bits per heavy atom. The highest BCUT2D eigenvalue weighted by molar-refractivity contribution is 6.07. The Hall–Kier alpha value is -4.33. The summed E-state index contributed by atoms with van der Waals surface area (Å²) in [7, 11) is 1.90. The first-order valence-corrected chi connectivity index (χ1v) is 15.7. The molecular formula is C35H41F6N5O3. The van der Waals surface area contributed by atoms with Crippen molar-refractivity contribution in [3.8, 4) is 11.1 Å². The van der Waals surface area contributed by atoms with Gasteiger partial charge in [0.15, 0.2) is 11.6 Å². The molecule has 2 heterocycles. The molecule has 1 fully saturated rings. The van der Waals surface area contributed by atoms with Crippen molar-refractivity contribution in [2.24, 2.45) is 5.41 Å². The number of nitrogens with one attached hydrogen (secondary N) is 3. The first-order valence-electron chi connectivity index (χ1n) is 15.7. The van der Waals surface area contributed by atoms with Crippen molar-refractivity contribution in [2.45, 2.75) is 78.7 Å². The quantitative estimate of drug-likeness (QED) is 0.228. The van der Waals surface area contributed by atoms with E-state index in [1.165, 1.54) is 0 Å². The van der Waals surface area contributed by atoms with E-state index in [2.05, 4.69) is 20.5 Å². The van der Waals surface area contributed by atoms with Crippen LogP contribution in [0, 0.1) is 22.9 Å². The highest BCUT2D eigenvalue weighted by Gasteiger charge is 2.37. The third-order valence-corrected chi connectivity index (χ3v) is 8.55. The van der Waals surface area contributed by atoms with Crippen LogP contribution in [0.5, 0.6) is 0 Å². The van der Waals surface area contributed by atoms with Crippen LogP contribution in [-0.2, 0) is 6.18 Å². The Bertz CT molecular complexity index is 1800. The van der Waals surface area contributed by atoms with Crippen molar-refractivity contribution >= 4 is 23.2 Å². The van der Waals surface area contributed by atoms with Gasteiger partial charge in [-0.2, -0.15) is 13.2 Å². The molecule has 2 amide bonds. The number of piperazine rings is 1. The van der Waals surface area contributed by atoms with Crippen LogP contribution in [0.4, 0.5) is 37.7 Å². The molecule has 2 unspecified atom stereocenters. The molecular weight excluding hydrogens is 652 g/mol. The molecule has 0 spiro atoms. The van der Waals surface area contributed by atoms with Crippen molar-refractivity contribution in [1.82, 2.24) is 15.2 Å². The van der Waals surface area contributed by atoms with E-state index >= 15 is 13.2 Å². The number of halogens is 6. The van der Waals surface area contributed by atoms with Gasteiger partial charge in [0.05, 0.1) is 28.1 Å². The third kappa shape index (κ3) is 8.46. The van der Waals surface area contributed by atoms with Gasteiger partial charge in [-0.05, 0) is 64.8 Å². The van der Waals surface area contributed by atoms with Crippen LogP contribution >= 0.6 is 0 Å². The van der Waals surface area contributed by atoms with Gasteiger partial charge >= 0.3 is 6.18 Å². The molecule has 1 saturated heterocycles. The number of carbonyl (C=O) groups excluding carboxylic acids is 2. The number of anilines is 2. The fraction of sp³-hybridized carbons (Fsp3) is 0.457. The second kappa shape index (κ2) is 13.5. The molecule has 0 radical (unpaired) electrons. The molecule has 3 N–H and O–H groups in total. The Morgan fingerprint density at radius 1 is 0.878 bits per heavy atom. The minimum atomic E-state index is -5.06. The van der Waals surface area contributed by atoms with Crippen molar-refractivity contribution in [1.29, 1.82) is 0 Å². The lowest BCUT2D eigenvalue weighted by molar-refractivity contribution is -0.138. The molecule has 0 saturated carbocycles. The van der Waals surface area contributed by atoms with E-state index in [4.69, 9.17) is 0 Å². The van der Waals surface area contributed by atoms with E-state index in [-0.39, 0.29) is 34.9 Å². The number of H-pyrrole nitrogens is 1. The molecule has 49 heavy (non-hydrogen) atoms. The Morgan fingerprint density at radius 2 is 1.49 bits per heavy atom. The molecule has 266 valence electrons. The van der Waals surface area contributed by atoms with Gasteiger partial charge < -0.3 is 20.5 Å². The molecule has 8 nitrogen and oxygen atoms in total. The number of pyridine rings is 1. The predicted octanol–water partition coefficient (Wildman–Crippen LogP) is 7.20. The number of likely N-dealkylation sites (N-methyl/N-ethyl adjacent to an activating group) is 1. The van der Waals surface area contributed by atoms with Crippen LogP contribution in [0.1, 0.15) is 81.2 Å². The average Bonchev–Trinajstić information content (AvgIpc) is 2.95. The number of hydrogen-bond acceptors (Lipinski definition) is 5. The first-order chi connectivity index (χ1) is 22.5. The smallest absolute Gasteiger partial charge is 0.367 e. The minimum absolute atomic E-state index is 0.0512. The number of carbonyl (C=O) groups is 2. The number of benzene rings is 2. The SMILES string of the molecule is CC1CN(c2cc(F)c(-c3ccc(C(=O)NC(C)(C)CC(C)(C)C)c(F)c3F)cc2NC(=O)c2c[nH]c(=O)cc2C(F)(F)F)CC(C)N1C. The van der Waals surface area contributed by atoms with Gasteiger partial charge in [0.1, 0.15) is 5.82 Å². The summed E-state index contributed by atoms with van der Waals surface area (Å²) in [5.74, 6) is -6.23. The standard InChI is InChI=1S/C35H41F6N5O3/c1-18-15-46(16-19(2)45(18)8)27-13-25(36)22(11-26(27)43-31(48)23-14-42-28(47)12-24(23)35(39,40)41)20-9-10-21(30(38)29(20)37)32(49)44-34(6,7)17-33(3,4)5/h9-14,18-19H,15-17H2,1-8H3,(H,42,47)(H,43,48)(H,44,49). The first kappa shape index (κ1) is 37.5. The van der Waals surface area contributed by atoms with E-state index in [1.54, 1.807) is 18.7 Å². The number of hydrogen-bond donors (Lipinski definition) is 3. The molecule has 14 heteroatoms. The topological polar surface area (TPSA) is 97.5 Å². The van der Waals surface area contributed by atoms with E-state index in [9.17, 15) is 27.6 Å². The van der Waals surface area contributed by atoms with Crippen molar-refractivity contribution in [3.05, 3.63) is 81.0 Å².